The van der Waals surface area contributed by atoms with E-state index in [1.165, 1.54) is 0 Å². The van der Waals surface area contributed by atoms with Crippen LogP contribution in [-0.2, 0) is 4.74 Å². The Bertz CT molecular complexity index is 300. The summed E-state index contributed by atoms with van der Waals surface area (Å²) in [6.45, 7) is 10.7. The van der Waals surface area contributed by atoms with Crippen molar-refractivity contribution in [3.63, 3.8) is 0 Å². The standard InChI is InChI=1S/C15H30N2O3/c1-12(18)7-8-16-10-13-6-5-9-17(11-13)14(19)20-15(2,3)4/h12-13,16,18H,5-11H2,1-4H3. The van der Waals surface area contributed by atoms with Crippen molar-refractivity contribution in [2.45, 2.75) is 58.7 Å². The van der Waals surface area contributed by atoms with Crippen LogP contribution in [0.25, 0.3) is 0 Å². The van der Waals surface area contributed by atoms with Crippen molar-refractivity contribution in [1.82, 2.24) is 10.2 Å². The Morgan fingerprint density at radius 2 is 2.20 bits per heavy atom. The van der Waals surface area contributed by atoms with E-state index in [2.05, 4.69) is 5.32 Å². The van der Waals surface area contributed by atoms with Gasteiger partial charge in [-0.2, -0.15) is 0 Å². The lowest BCUT2D eigenvalue weighted by molar-refractivity contribution is 0.0166. The van der Waals surface area contributed by atoms with Crippen LogP contribution >= 0.6 is 0 Å². The molecule has 2 unspecified atom stereocenters. The highest BCUT2D eigenvalue weighted by Crippen LogP contribution is 2.18. The molecule has 1 heterocycles. The third kappa shape index (κ3) is 7.10. The smallest absolute Gasteiger partial charge is 0.410 e. The van der Waals surface area contributed by atoms with Crippen LogP contribution < -0.4 is 5.32 Å². The van der Waals surface area contributed by atoms with Crippen LogP contribution in [0, 0.1) is 5.92 Å². The van der Waals surface area contributed by atoms with E-state index in [0.29, 0.717) is 5.92 Å². The van der Waals surface area contributed by atoms with Crippen LogP contribution in [0.15, 0.2) is 0 Å². The van der Waals surface area contributed by atoms with E-state index in [9.17, 15) is 9.90 Å². The fourth-order valence-electron chi connectivity index (χ4n) is 2.34. The first-order valence-electron chi connectivity index (χ1n) is 7.64. The molecule has 2 atom stereocenters. The molecule has 1 rings (SSSR count). The molecule has 5 nitrogen and oxygen atoms in total. The van der Waals surface area contributed by atoms with Crippen molar-refractivity contribution in [2.24, 2.45) is 5.92 Å². The number of ether oxygens (including phenoxy) is 1. The summed E-state index contributed by atoms with van der Waals surface area (Å²) in [6, 6.07) is 0. The summed E-state index contributed by atoms with van der Waals surface area (Å²) in [4.78, 5) is 13.8. The molecule has 0 radical (unpaired) electrons. The fourth-order valence-corrected chi connectivity index (χ4v) is 2.34. The van der Waals surface area contributed by atoms with Crippen molar-refractivity contribution in [3.8, 4) is 0 Å². The summed E-state index contributed by atoms with van der Waals surface area (Å²) >= 11 is 0. The number of aliphatic hydroxyl groups excluding tert-OH is 1. The average molecular weight is 286 g/mol. The van der Waals surface area contributed by atoms with Crippen molar-refractivity contribution in [1.29, 1.82) is 0 Å². The molecule has 1 aliphatic rings. The highest BCUT2D eigenvalue weighted by Gasteiger charge is 2.27. The van der Waals surface area contributed by atoms with Crippen LogP contribution in [0.2, 0.25) is 0 Å². The number of carbonyl (C=O) groups is 1. The van der Waals surface area contributed by atoms with Gasteiger partial charge in [-0.3, -0.25) is 0 Å². The van der Waals surface area contributed by atoms with E-state index in [1.54, 1.807) is 6.92 Å². The minimum Gasteiger partial charge on any atom is -0.444 e. The number of aliphatic hydroxyl groups is 1. The van der Waals surface area contributed by atoms with E-state index in [1.807, 2.05) is 25.7 Å². The van der Waals surface area contributed by atoms with Gasteiger partial charge in [-0.25, -0.2) is 4.79 Å². The second-order valence-corrected chi connectivity index (χ2v) is 6.78. The Kier molecular flexibility index (Phi) is 6.76. The van der Waals surface area contributed by atoms with Gasteiger partial charge in [0.05, 0.1) is 6.10 Å². The van der Waals surface area contributed by atoms with Crippen molar-refractivity contribution >= 4 is 6.09 Å². The third-order valence-electron chi connectivity index (χ3n) is 3.34. The van der Waals surface area contributed by atoms with Gasteiger partial charge in [0.25, 0.3) is 0 Å². The highest BCUT2D eigenvalue weighted by molar-refractivity contribution is 5.68. The number of amides is 1. The van der Waals surface area contributed by atoms with Gasteiger partial charge in [-0.15, -0.1) is 0 Å². The SMILES string of the molecule is CC(O)CCNCC1CCCN(C(=O)OC(C)(C)C)C1. The number of hydrogen-bond acceptors (Lipinski definition) is 4. The molecule has 20 heavy (non-hydrogen) atoms. The normalized spacial score (nSPS) is 21.6. The zero-order valence-corrected chi connectivity index (χ0v) is 13.3. The van der Waals surface area contributed by atoms with Gasteiger partial charge in [0.15, 0.2) is 0 Å². The topological polar surface area (TPSA) is 61.8 Å². The first kappa shape index (κ1) is 17.2. The Balaban J connectivity index is 2.29. The monoisotopic (exact) mass is 286 g/mol. The molecule has 0 aromatic carbocycles. The van der Waals surface area contributed by atoms with Crippen molar-refractivity contribution in [3.05, 3.63) is 0 Å². The second kappa shape index (κ2) is 7.84. The van der Waals surface area contributed by atoms with E-state index in [4.69, 9.17) is 4.74 Å². The lowest BCUT2D eigenvalue weighted by Crippen LogP contribution is -2.45. The maximum atomic E-state index is 12.0. The number of hydrogen-bond donors (Lipinski definition) is 2. The molecule has 0 spiro atoms. The molecule has 5 heteroatoms. The van der Waals surface area contributed by atoms with Crippen LogP contribution in [-0.4, -0.2) is 54.0 Å². The zero-order chi connectivity index (χ0) is 15.2. The highest BCUT2D eigenvalue weighted by atomic mass is 16.6. The molecule has 0 aliphatic carbocycles. The summed E-state index contributed by atoms with van der Waals surface area (Å²) in [5.41, 5.74) is -0.431. The van der Waals surface area contributed by atoms with Gasteiger partial charge in [0, 0.05) is 13.1 Å². The quantitative estimate of drug-likeness (QED) is 0.759. The number of rotatable bonds is 5. The predicted molar refractivity (Wildman–Crippen MR) is 79.7 cm³/mol. The van der Waals surface area contributed by atoms with Gasteiger partial charge in [0.2, 0.25) is 0 Å². The molecule has 1 amide bonds. The summed E-state index contributed by atoms with van der Waals surface area (Å²) in [5.74, 6) is 0.477. The number of nitrogens with zero attached hydrogens (tertiary/aromatic N) is 1. The van der Waals surface area contributed by atoms with Crippen molar-refractivity contribution < 1.29 is 14.6 Å². The summed E-state index contributed by atoms with van der Waals surface area (Å²) in [5, 5.41) is 12.6. The molecule has 1 fully saturated rings. The maximum Gasteiger partial charge on any atom is 0.410 e. The number of carbonyl (C=O) groups excluding carboxylic acids is 1. The molecule has 0 saturated carbocycles. The van der Waals surface area contributed by atoms with Gasteiger partial charge in [-0.05, 0) is 66.0 Å². The lowest BCUT2D eigenvalue weighted by Gasteiger charge is -2.34. The van der Waals surface area contributed by atoms with E-state index in [0.717, 1.165) is 45.4 Å². The minimum atomic E-state index is -0.431. The Labute approximate surface area is 122 Å². The molecule has 1 aliphatic heterocycles. The molecule has 0 aromatic heterocycles. The van der Waals surface area contributed by atoms with E-state index in [-0.39, 0.29) is 12.2 Å². The van der Waals surface area contributed by atoms with Crippen LogP contribution in [0.4, 0.5) is 4.79 Å². The largest absolute Gasteiger partial charge is 0.444 e. The second-order valence-electron chi connectivity index (χ2n) is 6.78. The lowest BCUT2D eigenvalue weighted by atomic mass is 9.98. The fraction of sp³-hybridized carbons (Fsp3) is 0.933. The van der Waals surface area contributed by atoms with Crippen LogP contribution in [0.1, 0.15) is 47.0 Å². The van der Waals surface area contributed by atoms with E-state index >= 15 is 0 Å². The predicted octanol–water partition coefficient (Wildman–Crippen LogP) is 1.99. The molecular weight excluding hydrogens is 256 g/mol. The molecule has 118 valence electrons. The Morgan fingerprint density at radius 1 is 1.50 bits per heavy atom. The number of piperidine rings is 1. The zero-order valence-electron chi connectivity index (χ0n) is 13.3. The Morgan fingerprint density at radius 3 is 2.80 bits per heavy atom. The van der Waals surface area contributed by atoms with Gasteiger partial charge in [-0.1, -0.05) is 0 Å². The minimum absolute atomic E-state index is 0.203. The summed E-state index contributed by atoms with van der Waals surface area (Å²) < 4.78 is 5.42. The molecule has 0 aromatic rings. The van der Waals surface area contributed by atoms with E-state index < -0.39 is 5.60 Å². The number of nitrogens with one attached hydrogen (secondary N) is 1. The molecule has 2 N–H and O–H groups in total. The number of likely N-dealkylation sites (tertiary alicyclic amines) is 1. The summed E-state index contributed by atoms with van der Waals surface area (Å²) in [6.07, 6.45) is 2.48. The van der Waals surface area contributed by atoms with Crippen LogP contribution in [0.5, 0.6) is 0 Å². The van der Waals surface area contributed by atoms with Gasteiger partial charge >= 0.3 is 6.09 Å². The Hall–Kier alpha value is -0.810. The van der Waals surface area contributed by atoms with Crippen molar-refractivity contribution in [2.75, 3.05) is 26.2 Å². The molecule has 0 bridgehead atoms. The van der Waals surface area contributed by atoms with Gasteiger partial charge < -0.3 is 20.1 Å². The first-order chi connectivity index (χ1) is 9.28. The average Bonchev–Trinajstić information content (AvgIpc) is 2.33. The van der Waals surface area contributed by atoms with Gasteiger partial charge in [0.1, 0.15) is 5.60 Å². The first-order valence-corrected chi connectivity index (χ1v) is 7.64. The molecule has 1 saturated heterocycles. The third-order valence-corrected chi connectivity index (χ3v) is 3.34. The maximum absolute atomic E-state index is 12.0. The van der Waals surface area contributed by atoms with Crippen LogP contribution in [0.3, 0.4) is 0 Å². The molecular formula is C15H30N2O3. The summed E-state index contributed by atoms with van der Waals surface area (Å²) in [7, 11) is 0.